The number of ether oxygens (including phenoxy) is 1. The quantitative estimate of drug-likeness (QED) is 0.294. The van der Waals surface area contributed by atoms with Crippen molar-refractivity contribution in [1.82, 2.24) is 4.57 Å². The summed E-state index contributed by atoms with van der Waals surface area (Å²) in [6, 6.07) is 13.1. The maximum atomic E-state index is 14.3. The molecular formula is C25H17F2IN2O5. The number of fused-ring (bicyclic) bond motifs is 1. The second-order valence-electron chi connectivity index (χ2n) is 7.58. The van der Waals surface area contributed by atoms with Gasteiger partial charge in [-0.3, -0.25) is 9.59 Å². The first-order chi connectivity index (χ1) is 16.7. The molecule has 178 valence electrons. The molecule has 0 aliphatic heterocycles. The van der Waals surface area contributed by atoms with Crippen molar-refractivity contribution in [1.29, 1.82) is 0 Å². The van der Waals surface area contributed by atoms with Gasteiger partial charge in [-0.25, -0.2) is 13.6 Å². The summed E-state index contributed by atoms with van der Waals surface area (Å²) in [7, 11) is 0. The number of anilines is 1. The molecule has 0 atom stereocenters. The van der Waals surface area contributed by atoms with E-state index in [2.05, 4.69) is 5.32 Å². The first kappa shape index (κ1) is 24.3. The van der Waals surface area contributed by atoms with Crippen LogP contribution in [0.3, 0.4) is 0 Å². The molecule has 4 aromatic rings. The summed E-state index contributed by atoms with van der Waals surface area (Å²) in [5.41, 5.74) is -0.672. The van der Waals surface area contributed by atoms with Crippen LogP contribution in [0.2, 0.25) is 0 Å². The number of carbonyl (C=O) groups is 2. The van der Waals surface area contributed by atoms with Crippen molar-refractivity contribution in [2.75, 3.05) is 5.32 Å². The number of hydrogen-bond donors (Lipinski definition) is 2. The van der Waals surface area contributed by atoms with Gasteiger partial charge in [-0.1, -0.05) is 6.07 Å². The zero-order chi connectivity index (χ0) is 25.3. The zero-order valence-electron chi connectivity index (χ0n) is 18.1. The van der Waals surface area contributed by atoms with Gasteiger partial charge in [0, 0.05) is 24.4 Å². The van der Waals surface area contributed by atoms with Gasteiger partial charge < -0.3 is 19.7 Å². The van der Waals surface area contributed by atoms with Gasteiger partial charge in [0.1, 0.15) is 28.7 Å². The number of carbonyl (C=O) groups excluding carboxylic acids is 1. The number of aromatic carboxylic acids is 1. The third kappa shape index (κ3) is 5.02. The van der Waals surface area contributed by atoms with E-state index in [1.165, 1.54) is 23.6 Å². The van der Waals surface area contributed by atoms with Crippen LogP contribution in [0.1, 0.15) is 22.8 Å². The Kier molecular flexibility index (Phi) is 6.83. The summed E-state index contributed by atoms with van der Waals surface area (Å²) in [6.07, 6.45) is 1.08. The minimum absolute atomic E-state index is 0.0506. The minimum atomic E-state index is -1.46. The summed E-state index contributed by atoms with van der Waals surface area (Å²) in [5, 5.41) is 12.3. The van der Waals surface area contributed by atoms with Crippen LogP contribution in [-0.2, 0) is 11.3 Å². The lowest BCUT2D eigenvalue weighted by molar-refractivity contribution is -0.114. The van der Waals surface area contributed by atoms with Crippen LogP contribution in [-0.4, -0.2) is 21.6 Å². The molecule has 0 saturated carbocycles. The largest absolute Gasteiger partial charge is 0.477 e. The fraction of sp³-hybridized carbons (Fsp3) is 0.0800. The maximum absolute atomic E-state index is 14.3. The molecule has 0 unspecified atom stereocenters. The molecule has 0 fully saturated rings. The summed E-state index contributed by atoms with van der Waals surface area (Å²) in [4.78, 5) is 36.0. The van der Waals surface area contributed by atoms with Gasteiger partial charge in [0.2, 0.25) is 11.3 Å². The van der Waals surface area contributed by atoms with Gasteiger partial charge >= 0.3 is 5.97 Å². The van der Waals surface area contributed by atoms with E-state index in [1.54, 1.807) is 30.3 Å². The predicted molar refractivity (Wildman–Crippen MR) is 134 cm³/mol. The summed E-state index contributed by atoms with van der Waals surface area (Å²) >= 11 is 1.88. The monoisotopic (exact) mass is 590 g/mol. The number of halogens is 3. The number of hydrogen-bond acceptors (Lipinski definition) is 4. The lowest BCUT2D eigenvalue weighted by atomic mass is 10.1. The molecular weight excluding hydrogens is 573 g/mol. The summed E-state index contributed by atoms with van der Waals surface area (Å²) in [5.74, 6) is -2.55. The number of aromatic nitrogens is 1. The Balaban J connectivity index is 1.82. The number of amides is 1. The third-order valence-corrected chi connectivity index (χ3v) is 6.24. The van der Waals surface area contributed by atoms with Crippen molar-refractivity contribution < 1.29 is 28.2 Å². The van der Waals surface area contributed by atoms with Crippen molar-refractivity contribution in [3.63, 3.8) is 0 Å². The van der Waals surface area contributed by atoms with E-state index >= 15 is 0 Å². The van der Waals surface area contributed by atoms with E-state index in [0.717, 1.165) is 18.3 Å². The van der Waals surface area contributed by atoms with E-state index in [0.29, 0.717) is 20.5 Å². The lowest BCUT2D eigenvalue weighted by Crippen LogP contribution is -2.20. The molecule has 0 aliphatic rings. The minimum Gasteiger partial charge on any atom is -0.477 e. The predicted octanol–water partition coefficient (Wildman–Crippen LogP) is 5.38. The van der Waals surface area contributed by atoms with Crippen LogP contribution in [0, 0.1) is 15.2 Å². The molecule has 35 heavy (non-hydrogen) atoms. The van der Waals surface area contributed by atoms with Crippen LogP contribution in [0.25, 0.3) is 10.9 Å². The molecule has 0 bridgehead atoms. The van der Waals surface area contributed by atoms with Gasteiger partial charge in [-0.15, -0.1) is 0 Å². The second-order valence-corrected chi connectivity index (χ2v) is 8.66. The topological polar surface area (TPSA) is 97.6 Å². The average Bonchev–Trinajstić information content (AvgIpc) is 2.80. The Hall–Kier alpha value is -3.80. The van der Waals surface area contributed by atoms with Crippen molar-refractivity contribution in [2.24, 2.45) is 0 Å². The molecule has 1 amide bonds. The number of carboxylic acid groups (broad SMARTS) is 1. The Morgan fingerprint density at radius 3 is 2.31 bits per heavy atom. The standard InChI is InChI=1S/C25H17F2IN2O5/c1-13(31)29-14-5-7-15(8-6-14)35-21-10-9-20-22(23(21)28)24(32)17(25(33)34)12-30(20)11-16-18(26)3-2-4-19(16)27/h2-10,12H,11H2,1H3,(H,29,31)(H,33,34). The Morgan fingerprint density at radius 2 is 1.71 bits per heavy atom. The molecule has 0 radical (unpaired) electrons. The first-order valence-corrected chi connectivity index (χ1v) is 11.3. The van der Waals surface area contributed by atoms with E-state index in [-0.39, 0.29) is 29.2 Å². The van der Waals surface area contributed by atoms with Crippen molar-refractivity contribution >= 4 is 51.1 Å². The maximum Gasteiger partial charge on any atom is 0.341 e. The fourth-order valence-electron chi connectivity index (χ4n) is 3.57. The number of carboxylic acids is 1. The lowest BCUT2D eigenvalue weighted by Gasteiger charge is -2.16. The SMILES string of the molecule is CC(=O)Nc1ccc(Oc2ccc3c(c2I)c(=O)c(C(=O)O)cn3Cc2c(F)cccc2F)cc1. The van der Waals surface area contributed by atoms with Gasteiger partial charge in [0.05, 0.1) is 21.0 Å². The van der Waals surface area contributed by atoms with Crippen LogP contribution < -0.4 is 15.5 Å². The second kappa shape index (κ2) is 9.82. The number of benzene rings is 3. The normalized spacial score (nSPS) is 10.9. The highest BCUT2D eigenvalue weighted by Gasteiger charge is 2.20. The Bertz CT molecular complexity index is 1510. The van der Waals surface area contributed by atoms with Gasteiger partial charge in [-0.2, -0.15) is 0 Å². The highest BCUT2D eigenvalue weighted by Crippen LogP contribution is 2.32. The summed E-state index contributed by atoms with van der Waals surface area (Å²) < 4.78 is 36.1. The van der Waals surface area contributed by atoms with Crippen molar-refractivity contribution in [3.05, 3.63) is 97.3 Å². The third-order valence-electron chi connectivity index (χ3n) is 5.17. The summed E-state index contributed by atoms with van der Waals surface area (Å²) in [6.45, 7) is 1.07. The van der Waals surface area contributed by atoms with Gasteiger partial charge in [0.25, 0.3) is 0 Å². The molecule has 10 heteroatoms. The molecule has 3 aromatic carbocycles. The molecule has 1 heterocycles. The molecule has 1 aromatic heterocycles. The number of rotatable bonds is 6. The van der Waals surface area contributed by atoms with E-state index in [9.17, 15) is 28.3 Å². The van der Waals surface area contributed by atoms with Crippen molar-refractivity contribution in [3.8, 4) is 11.5 Å². The Labute approximate surface area is 211 Å². The number of nitrogens with one attached hydrogen (secondary N) is 1. The van der Waals surface area contributed by atoms with E-state index in [1.807, 2.05) is 22.6 Å². The van der Waals surface area contributed by atoms with Crippen LogP contribution in [0.4, 0.5) is 14.5 Å². The molecule has 0 spiro atoms. The molecule has 0 saturated heterocycles. The highest BCUT2D eigenvalue weighted by molar-refractivity contribution is 14.1. The van der Waals surface area contributed by atoms with Crippen LogP contribution in [0.5, 0.6) is 11.5 Å². The van der Waals surface area contributed by atoms with Crippen LogP contribution in [0.15, 0.2) is 65.6 Å². The molecule has 7 nitrogen and oxygen atoms in total. The highest BCUT2D eigenvalue weighted by atomic mass is 127. The Morgan fingerprint density at radius 1 is 1.06 bits per heavy atom. The van der Waals surface area contributed by atoms with Gasteiger partial charge in [0.15, 0.2) is 0 Å². The van der Waals surface area contributed by atoms with E-state index in [4.69, 9.17) is 4.74 Å². The first-order valence-electron chi connectivity index (χ1n) is 10.2. The number of nitrogens with zero attached hydrogens (tertiary/aromatic N) is 1. The average molecular weight is 590 g/mol. The van der Waals surface area contributed by atoms with Gasteiger partial charge in [-0.05, 0) is 71.1 Å². The smallest absolute Gasteiger partial charge is 0.341 e. The number of pyridine rings is 1. The molecule has 4 rings (SSSR count). The molecule has 2 N–H and O–H groups in total. The fourth-order valence-corrected chi connectivity index (χ4v) is 4.38. The van der Waals surface area contributed by atoms with E-state index < -0.39 is 28.6 Å². The molecule has 0 aliphatic carbocycles. The zero-order valence-corrected chi connectivity index (χ0v) is 20.3. The van der Waals surface area contributed by atoms with Crippen LogP contribution >= 0.6 is 22.6 Å². The van der Waals surface area contributed by atoms with Crippen molar-refractivity contribution in [2.45, 2.75) is 13.5 Å².